The Balaban J connectivity index is 2.15. The number of nitrogens with two attached hydrogens (primary N) is 1. The van der Waals surface area contributed by atoms with E-state index in [9.17, 15) is 13.2 Å². The summed E-state index contributed by atoms with van der Waals surface area (Å²) in [6.07, 6.45) is 3.33. The van der Waals surface area contributed by atoms with Gasteiger partial charge in [0.15, 0.2) is 0 Å². The summed E-state index contributed by atoms with van der Waals surface area (Å²) in [4.78, 5) is 14.3. The highest BCUT2D eigenvalue weighted by Crippen LogP contribution is 2.20. The van der Waals surface area contributed by atoms with Crippen LogP contribution < -0.4 is 10.5 Å². The maximum absolute atomic E-state index is 12.4. The smallest absolute Gasteiger partial charge is 0.254 e. The first-order chi connectivity index (χ1) is 10.5. The fourth-order valence-electron chi connectivity index (χ4n) is 2.54. The van der Waals surface area contributed by atoms with Crippen molar-refractivity contribution in [3.8, 4) is 0 Å². The fraction of sp³-hybridized carbons (Fsp3) is 0.400. The zero-order valence-electron chi connectivity index (χ0n) is 12.4. The highest BCUT2D eigenvalue weighted by atomic mass is 32.2. The largest absolute Gasteiger partial charge is 0.334 e. The molecule has 0 radical (unpaired) electrons. The molecule has 1 aromatic rings. The van der Waals surface area contributed by atoms with Crippen LogP contribution in [0.15, 0.2) is 41.8 Å². The van der Waals surface area contributed by atoms with Gasteiger partial charge in [0.05, 0.1) is 4.90 Å². The predicted octanol–water partition coefficient (Wildman–Crippen LogP) is 0.714. The summed E-state index contributed by atoms with van der Waals surface area (Å²) in [5, 5.41) is 0. The Morgan fingerprint density at radius 1 is 1.41 bits per heavy atom. The summed E-state index contributed by atoms with van der Waals surface area (Å²) in [6.45, 7) is 4.77. The van der Waals surface area contributed by atoms with Crippen LogP contribution in [0.3, 0.4) is 0 Å². The average Bonchev–Trinajstić information content (AvgIpc) is 3.01. The molecule has 1 saturated heterocycles. The van der Waals surface area contributed by atoms with Gasteiger partial charge in [0, 0.05) is 31.2 Å². The third-order valence-corrected chi connectivity index (χ3v) is 5.18. The van der Waals surface area contributed by atoms with E-state index in [0.29, 0.717) is 18.7 Å². The lowest BCUT2D eigenvalue weighted by Crippen LogP contribution is -2.39. The summed E-state index contributed by atoms with van der Waals surface area (Å²) >= 11 is 0. The molecule has 1 aromatic carbocycles. The van der Waals surface area contributed by atoms with E-state index >= 15 is 0 Å². The number of likely N-dealkylation sites (tertiary alicyclic amines) is 1. The minimum Gasteiger partial charge on any atom is -0.334 e. The Kier molecular flexibility index (Phi) is 5.33. The van der Waals surface area contributed by atoms with Crippen LogP contribution in [0.1, 0.15) is 23.2 Å². The molecular weight excluding hydrogens is 302 g/mol. The number of rotatable bonds is 6. The predicted molar refractivity (Wildman–Crippen MR) is 84.9 cm³/mol. The summed E-state index contributed by atoms with van der Waals surface area (Å²) in [6, 6.07) is 6.02. The van der Waals surface area contributed by atoms with Gasteiger partial charge in [0.2, 0.25) is 10.0 Å². The molecule has 0 aromatic heterocycles. The molecule has 120 valence electrons. The van der Waals surface area contributed by atoms with Crippen LogP contribution >= 0.6 is 0 Å². The SMILES string of the molecule is C=CCNS(=O)(=O)c1ccc(C(=O)N2CCCC2CN)cc1. The van der Waals surface area contributed by atoms with E-state index in [-0.39, 0.29) is 23.4 Å². The third-order valence-electron chi connectivity index (χ3n) is 3.74. The molecule has 2 rings (SSSR count). The van der Waals surface area contributed by atoms with Crippen molar-refractivity contribution in [3.05, 3.63) is 42.5 Å². The fourth-order valence-corrected chi connectivity index (χ4v) is 3.54. The van der Waals surface area contributed by atoms with Crippen LogP contribution in [0.5, 0.6) is 0 Å². The molecule has 1 atom stereocenters. The van der Waals surface area contributed by atoms with Crippen molar-refractivity contribution >= 4 is 15.9 Å². The molecule has 1 heterocycles. The van der Waals surface area contributed by atoms with Gasteiger partial charge in [-0.1, -0.05) is 6.08 Å². The lowest BCUT2D eigenvalue weighted by molar-refractivity contribution is 0.0741. The van der Waals surface area contributed by atoms with Gasteiger partial charge in [0.1, 0.15) is 0 Å². The van der Waals surface area contributed by atoms with E-state index in [4.69, 9.17) is 5.73 Å². The van der Waals surface area contributed by atoms with E-state index in [2.05, 4.69) is 11.3 Å². The molecule has 0 aliphatic carbocycles. The second-order valence-corrected chi connectivity index (χ2v) is 6.96. The molecule has 1 aliphatic heterocycles. The number of amides is 1. The number of carbonyl (C=O) groups excluding carboxylic acids is 1. The quantitative estimate of drug-likeness (QED) is 0.754. The number of benzene rings is 1. The molecule has 3 N–H and O–H groups in total. The zero-order chi connectivity index (χ0) is 16.2. The lowest BCUT2D eigenvalue weighted by atomic mass is 10.1. The van der Waals surface area contributed by atoms with Crippen LogP contribution in [0.2, 0.25) is 0 Å². The molecule has 6 nitrogen and oxygen atoms in total. The van der Waals surface area contributed by atoms with Crippen molar-refractivity contribution in [2.24, 2.45) is 5.73 Å². The molecular formula is C15H21N3O3S. The molecule has 1 amide bonds. The number of carbonyl (C=O) groups is 1. The highest BCUT2D eigenvalue weighted by molar-refractivity contribution is 7.89. The maximum atomic E-state index is 12.4. The van der Waals surface area contributed by atoms with Gasteiger partial charge in [-0.2, -0.15) is 0 Å². The van der Waals surface area contributed by atoms with Crippen LogP contribution in [-0.4, -0.2) is 44.9 Å². The third kappa shape index (κ3) is 3.55. The Bertz CT molecular complexity index is 641. The topological polar surface area (TPSA) is 92.5 Å². The van der Waals surface area contributed by atoms with Crippen molar-refractivity contribution in [3.63, 3.8) is 0 Å². The average molecular weight is 323 g/mol. The van der Waals surface area contributed by atoms with Crippen molar-refractivity contribution in [1.29, 1.82) is 0 Å². The highest BCUT2D eigenvalue weighted by Gasteiger charge is 2.28. The molecule has 1 aliphatic rings. The summed E-state index contributed by atoms with van der Waals surface area (Å²) in [5.41, 5.74) is 6.15. The molecule has 22 heavy (non-hydrogen) atoms. The van der Waals surface area contributed by atoms with Gasteiger partial charge < -0.3 is 10.6 Å². The minimum absolute atomic E-state index is 0.0742. The standard InChI is InChI=1S/C15H21N3O3S/c1-2-9-17-22(20,21)14-7-5-12(6-8-14)15(19)18-10-3-4-13(18)11-16/h2,5-8,13,17H,1,3-4,9-11,16H2. The van der Waals surface area contributed by atoms with Crippen LogP contribution in [0.25, 0.3) is 0 Å². The van der Waals surface area contributed by atoms with Crippen molar-refractivity contribution in [1.82, 2.24) is 9.62 Å². The monoisotopic (exact) mass is 323 g/mol. The van der Waals surface area contributed by atoms with Crippen LogP contribution in [0.4, 0.5) is 0 Å². The molecule has 1 unspecified atom stereocenters. The number of hydrogen-bond donors (Lipinski definition) is 2. The summed E-state index contributed by atoms with van der Waals surface area (Å²) in [5.74, 6) is -0.101. The van der Waals surface area contributed by atoms with E-state index in [1.807, 2.05) is 0 Å². The second kappa shape index (κ2) is 7.04. The van der Waals surface area contributed by atoms with Gasteiger partial charge in [0.25, 0.3) is 5.91 Å². The molecule has 0 bridgehead atoms. The Morgan fingerprint density at radius 3 is 2.68 bits per heavy atom. The Morgan fingerprint density at radius 2 is 2.09 bits per heavy atom. The van der Waals surface area contributed by atoms with Crippen molar-refractivity contribution < 1.29 is 13.2 Å². The van der Waals surface area contributed by atoms with E-state index < -0.39 is 10.0 Å². The number of hydrogen-bond acceptors (Lipinski definition) is 4. The van der Waals surface area contributed by atoms with Crippen molar-refractivity contribution in [2.75, 3.05) is 19.6 Å². The summed E-state index contributed by atoms with van der Waals surface area (Å²) in [7, 11) is -3.57. The second-order valence-electron chi connectivity index (χ2n) is 5.20. The van der Waals surface area contributed by atoms with Gasteiger partial charge in [-0.3, -0.25) is 4.79 Å². The van der Waals surface area contributed by atoms with E-state index in [1.54, 1.807) is 4.90 Å². The molecule has 1 fully saturated rings. The van der Waals surface area contributed by atoms with Crippen molar-refractivity contribution in [2.45, 2.75) is 23.8 Å². The normalized spacial score (nSPS) is 18.4. The Labute approximate surface area is 131 Å². The van der Waals surface area contributed by atoms with Gasteiger partial charge in [-0.05, 0) is 37.1 Å². The van der Waals surface area contributed by atoms with E-state index in [0.717, 1.165) is 12.8 Å². The lowest BCUT2D eigenvalue weighted by Gasteiger charge is -2.23. The molecule has 7 heteroatoms. The first-order valence-corrected chi connectivity index (χ1v) is 8.69. The van der Waals surface area contributed by atoms with Crippen LogP contribution in [0, 0.1) is 0 Å². The number of nitrogens with one attached hydrogen (secondary N) is 1. The first kappa shape index (κ1) is 16.7. The van der Waals surface area contributed by atoms with Gasteiger partial charge >= 0.3 is 0 Å². The minimum atomic E-state index is -3.57. The van der Waals surface area contributed by atoms with Gasteiger partial charge in [-0.15, -0.1) is 6.58 Å². The molecule has 0 spiro atoms. The Hall–Kier alpha value is -1.70. The first-order valence-electron chi connectivity index (χ1n) is 7.21. The van der Waals surface area contributed by atoms with Gasteiger partial charge in [-0.25, -0.2) is 13.1 Å². The van der Waals surface area contributed by atoms with Crippen LogP contribution in [-0.2, 0) is 10.0 Å². The number of nitrogens with zero attached hydrogens (tertiary/aromatic N) is 1. The van der Waals surface area contributed by atoms with E-state index in [1.165, 1.54) is 30.3 Å². The maximum Gasteiger partial charge on any atom is 0.254 e. The zero-order valence-corrected chi connectivity index (χ0v) is 13.2. The number of sulfonamides is 1. The molecule has 0 saturated carbocycles. The summed E-state index contributed by atoms with van der Waals surface area (Å²) < 4.78 is 26.3.